The quantitative estimate of drug-likeness (QED) is 0.698. The van der Waals surface area contributed by atoms with E-state index in [9.17, 15) is 0 Å². The topological polar surface area (TPSA) is 26.0 Å². The molecule has 1 saturated carbocycles. The smallest absolute Gasteiger partial charge is 0.00745 e. The summed E-state index contributed by atoms with van der Waals surface area (Å²) in [4.78, 5) is 0. The monoisotopic (exact) mass is 183 g/mol. The third-order valence-corrected chi connectivity index (χ3v) is 3.58. The molecular formula is C12H25N. The standard InChI is InChI=1S/C12H25N/c1-11-7-5-3-2-4-6-8-12(11)9-10-13/h11-12H,2-10,13H2,1H3/t11-,12?/m1/s1. The molecule has 0 aromatic rings. The Bertz CT molecular complexity index is 122. The largest absolute Gasteiger partial charge is 0.330 e. The van der Waals surface area contributed by atoms with Crippen LogP contribution in [0.25, 0.3) is 0 Å². The van der Waals surface area contributed by atoms with E-state index in [2.05, 4.69) is 6.92 Å². The summed E-state index contributed by atoms with van der Waals surface area (Å²) in [5.41, 5.74) is 5.65. The van der Waals surface area contributed by atoms with E-state index >= 15 is 0 Å². The molecule has 2 atom stereocenters. The van der Waals surface area contributed by atoms with Crippen molar-refractivity contribution in [2.75, 3.05) is 6.54 Å². The fraction of sp³-hybridized carbons (Fsp3) is 1.00. The van der Waals surface area contributed by atoms with E-state index in [4.69, 9.17) is 5.73 Å². The average molecular weight is 183 g/mol. The molecule has 0 bridgehead atoms. The van der Waals surface area contributed by atoms with Crippen LogP contribution in [0.4, 0.5) is 0 Å². The Morgan fingerprint density at radius 3 is 2.31 bits per heavy atom. The van der Waals surface area contributed by atoms with Gasteiger partial charge < -0.3 is 5.73 Å². The molecule has 13 heavy (non-hydrogen) atoms. The maximum atomic E-state index is 5.65. The van der Waals surface area contributed by atoms with E-state index < -0.39 is 0 Å². The minimum absolute atomic E-state index is 0.884. The Kier molecular flexibility index (Phi) is 5.45. The van der Waals surface area contributed by atoms with Crippen molar-refractivity contribution in [3.8, 4) is 0 Å². The Hall–Kier alpha value is -0.0400. The first-order chi connectivity index (χ1) is 6.34. The van der Waals surface area contributed by atoms with Crippen LogP contribution in [-0.4, -0.2) is 6.54 Å². The van der Waals surface area contributed by atoms with Gasteiger partial charge in [0.1, 0.15) is 0 Å². The molecule has 0 saturated heterocycles. The molecule has 1 rings (SSSR count). The maximum absolute atomic E-state index is 5.65. The van der Waals surface area contributed by atoms with Gasteiger partial charge in [-0.25, -0.2) is 0 Å². The van der Waals surface area contributed by atoms with Gasteiger partial charge in [-0.1, -0.05) is 51.9 Å². The van der Waals surface area contributed by atoms with Gasteiger partial charge in [-0.2, -0.15) is 0 Å². The molecule has 0 aliphatic heterocycles. The van der Waals surface area contributed by atoms with Gasteiger partial charge in [0.05, 0.1) is 0 Å². The summed E-state index contributed by atoms with van der Waals surface area (Å²) >= 11 is 0. The first-order valence-corrected chi connectivity index (χ1v) is 6.04. The van der Waals surface area contributed by atoms with Crippen LogP contribution in [0.15, 0.2) is 0 Å². The van der Waals surface area contributed by atoms with Crippen LogP contribution in [0.2, 0.25) is 0 Å². The zero-order valence-electron chi connectivity index (χ0n) is 9.10. The van der Waals surface area contributed by atoms with Crippen LogP contribution in [0, 0.1) is 11.8 Å². The van der Waals surface area contributed by atoms with E-state index in [-0.39, 0.29) is 0 Å². The van der Waals surface area contributed by atoms with Crippen molar-refractivity contribution in [2.24, 2.45) is 17.6 Å². The average Bonchev–Trinajstić information content (AvgIpc) is 2.21. The molecule has 78 valence electrons. The molecule has 2 N–H and O–H groups in total. The first-order valence-electron chi connectivity index (χ1n) is 6.04. The highest BCUT2D eigenvalue weighted by Gasteiger charge is 2.16. The van der Waals surface area contributed by atoms with Gasteiger partial charge in [-0.3, -0.25) is 0 Å². The van der Waals surface area contributed by atoms with E-state index in [1.807, 2.05) is 0 Å². The van der Waals surface area contributed by atoms with Gasteiger partial charge in [-0.15, -0.1) is 0 Å². The van der Waals surface area contributed by atoms with Crippen LogP contribution in [0.5, 0.6) is 0 Å². The predicted octanol–water partition coefficient (Wildman–Crippen LogP) is 3.33. The summed E-state index contributed by atoms with van der Waals surface area (Å²) in [5.74, 6) is 1.84. The maximum Gasteiger partial charge on any atom is -0.00745 e. The van der Waals surface area contributed by atoms with Gasteiger partial charge >= 0.3 is 0 Å². The summed E-state index contributed by atoms with van der Waals surface area (Å²) in [7, 11) is 0. The molecule has 1 aliphatic carbocycles. The lowest BCUT2D eigenvalue weighted by molar-refractivity contribution is 0.298. The zero-order chi connectivity index (χ0) is 9.52. The molecular weight excluding hydrogens is 158 g/mol. The third kappa shape index (κ3) is 4.12. The Balaban J connectivity index is 2.35. The number of hydrogen-bond donors (Lipinski definition) is 1. The summed E-state index contributed by atoms with van der Waals surface area (Å²) < 4.78 is 0. The Morgan fingerprint density at radius 1 is 1.00 bits per heavy atom. The molecule has 0 amide bonds. The van der Waals surface area contributed by atoms with E-state index in [0.717, 1.165) is 18.4 Å². The second kappa shape index (κ2) is 6.42. The van der Waals surface area contributed by atoms with Crippen LogP contribution in [-0.2, 0) is 0 Å². The minimum Gasteiger partial charge on any atom is -0.330 e. The molecule has 1 nitrogen and oxygen atoms in total. The first kappa shape index (κ1) is 11.0. The van der Waals surface area contributed by atoms with E-state index in [1.165, 1.54) is 51.4 Å². The highest BCUT2D eigenvalue weighted by molar-refractivity contribution is 4.69. The van der Waals surface area contributed by atoms with Gasteiger partial charge in [-0.05, 0) is 24.8 Å². The van der Waals surface area contributed by atoms with Gasteiger partial charge in [0.25, 0.3) is 0 Å². The fourth-order valence-corrected chi connectivity index (χ4v) is 2.57. The van der Waals surface area contributed by atoms with Crippen molar-refractivity contribution >= 4 is 0 Å². The summed E-state index contributed by atoms with van der Waals surface area (Å²) in [6, 6.07) is 0. The number of rotatable bonds is 2. The number of nitrogens with two attached hydrogens (primary N) is 1. The van der Waals surface area contributed by atoms with Crippen LogP contribution < -0.4 is 5.73 Å². The fourth-order valence-electron chi connectivity index (χ4n) is 2.57. The second-order valence-corrected chi connectivity index (χ2v) is 4.66. The summed E-state index contributed by atoms with van der Waals surface area (Å²) in [6.45, 7) is 3.31. The van der Waals surface area contributed by atoms with E-state index in [1.54, 1.807) is 0 Å². The molecule has 0 aromatic heterocycles. The van der Waals surface area contributed by atoms with Crippen molar-refractivity contribution < 1.29 is 0 Å². The van der Waals surface area contributed by atoms with Crippen LogP contribution >= 0.6 is 0 Å². The second-order valence-electron chi connectivity index (χ2n) is 4.66. The molecule has 0 spiro atoms. The van der Waals surface area contributed by atoms with Crippen molar-refractivity contribution in [3.05, 3.63) is 0 Å². The molecule has 1 aliphatic rings. The third-order valence-electron chi connectivity index (χ3n) is 3.58. The zero-order valence-corrected chi connectivity index (χ0v) is 9.10. The molecule has 1 heteroatoms. The lowest BCUT2D eigenvalue weighted by Gasteiger charge is -2.22. The highest BCUT2D eigenvalue weighted by atomic mass is 14.5. The lowest BCUT2D eigenvalue weighted by atomic mass is 9.84. The van der Waals surface area contributed by atoms with Crippen molar-refractivity contribution in [1.29, 1.82) is 0 Å². The van der Waals surface area contributed by atoms with Crippen LogP contribution in [0.1, 0.15) is 58.3 Å². The Labute approximate surface area is 83.1 Å². The molecule has 0 heterocycles. The van der Waals surface area contributed by atoms with Crippen molar-refractivity contribution in [1.82, 2.24) is 0 Å². The molecule has 1 fully saturated rings. The predicted molar refractivity (Wildman–Crippen MR) is 58.6 cm³/mol. The summed E-state index contributed by atoms with van der Waals surface area (Å²) in [6.07, 6.45) is 11.4. The SMILES string of the molecule is C[C@@H]1CCCCCCCC1CCN. The van der Waals surface area contributed by atoms with E-state index in [0.29, 0.717) is 0 Å². The highest BCUT2D eigenvalue weighted by Crippen LogP contribution is 2.28. The summed E-state index contributed by atoms with van der Waals surface area (Å²) in [5, 5.41) is 0. The normalized spacial score (nSPS) is 31.8. The minimum atomic E-state index is 0.884. The molecule has 0 aromatic carbocycles. The van der Waals surface area contributed by atoms with Crippen molar-refractivity contribution in [2.45, 2.75) is 58.3 Å². The van der Waals surface area contributed by atoms with Crippen LogP contribution in [0.3, 0.4) is 0 Å². The van der Waals surface area contributed by atoms with Gasteiger partial charge in [0, 0.05) is 0 Å². The Morgan fingerprint density at radius 2 is 1.62 bits per heavy atom. The number of hydrogen-bond acceptors (Lipinski definition) is 1. The van der Waals surface area contributed by atoms with Gasteiger partial charge in [0.2, 0.25) is 0 Å². The van der Waals surface area contributed by atoms with Crippen molar-refractivity contribution in [3.63, 3.8) is 0 Å². The molecule has 1 unspecified atom stereocenters. The molecule has 0 radical (unpaired) electrons. The lowest BCUT2D eigenvalue weighted by Crippen LogP contribution is -2.16. The van der Waals surface area contributed by atoms with Gasteiger partial charge in [0.15, 0.2) is 0 Å².